The van der Waals surface area contributed by atoms with Crippen LogP contribution < -0.4 is 10.6 Å². The van der Waals surface area contributed by atoms with E-state index >= 15 is 0 Å². The number of aromatic nitrogens is 2. The highest BCUT2D eigenvalue weighted by Crippen LogP contribution is 2.07. The van der Waals surface area contributed by atoms with Gasteiger partial charge in [-0.25, -0.2) is 4.79 Å². The summed E-state index contributed by atoms with van der Waals surface area (Å²) < 4.78 is 1.73. The Morgan fingerprint density at radius 3 is 2.67 bits per heavy atom. The van der Waals surface area contributed by atoms with Gasteiger partial charge in [-0.1, -0.05) is 20.3 Å². The molecule has 3 N–H and O–H groups in total. The van der Waals surface area contributed by atoms with Crippen LogP contribution in [-0.2, 0) is 24.8 Å². The van der Waals surface area contributed by atoms with Crippen molar-refractivity contribution in [3.05, 3.63) is 17.5 Å². The number of aryl methyl sites for hydroxylation is 2. The molecule has 1 aromatic rings. The predicted molar refractivity (Wildman–Crippen MR) is 78.9 cm³/mol. The molecule has 0 spiro atoms. The van der Waals surface area contributed by atoms with E-state index in [4.69, 9.17) is 5.11 Å². The molecule has 0 aliphatic heterocycles. The molecule has 0 aliphatic carbocycles. The normalized spacial score (nSPS) is 12.0. The minimum atomic E-state index is -0.841. The molecule has 0 aromatic carbocycles. The van der Waals surface area contributed by atoms with Gasteiger partial charge in [0.1, 0.15) is 0 Å². The van der Waals surface area contributed by atoms with Crippen LogP contribution in [0.3, 0.4) is 0 Å². The average molecular weight is 296 g/mol. The number of carboxylic acid groups (broad SMARTS) is 1. The van der Waals surface area contributed by atoms with Crippen LogP contribution in [0, 0.1) is 5.92 Å². The minimum Gasteiger partial charge on any atom is -0.481 e. The van der Waals surface area contributed by atoms with E-state index in [1.165, 1.54) is 0 Å². The van der Waals surface area contributed by atoms with Gasteiger partial charge in [-0.2, -0.15) is 5.10 Å². The highest BCUT2D eigenvalue weighted by atomic mass is 16.4. The standard InChI is InChI=1S/C14H24N4O3/c1-4-10(6-13(19)20)7-15-14(21)16-8-11-9-18(3)17-12(11)5-2/h9-10H,4-8H2,1-3H3,(H,19,20)(H2,15,16,21). The zero-order valence-electron chi connectivity index (χ0n) is 12.8. The van der Waals surface area contributed by atoms with Gasteiger partial charge in [0.2, 0.25) is 0 Å². The second kappa shape index (κ2) is 8.28. The number of aliphatic carboxylic acids is 1. The van der Waals surface area contributed by atoms with Gasteiger partial charge in [-0.05, 0) is 12.3 Å². The van der Waals surface area contributed by atoms with Crippen LogP contribution in [0.1, 0.15) is 37.9 Å². The Bertz CT molecular complexity index is 485. The number of carbonyl (C=O) groups excluding carboxylic acids is 1. The van der Waals surface area contributed by atoms with Crippen LogP contribution in [0.4, 0.5) is 4.79 Å². The van der Waals surface area contributed by atoms with E-state index in [1.54, 1.807) is 4.68 Å². The number of nitrogens with one attached hydrogen (secondary N) is 2. The first kappa shape index (κ1) is 17.0. The van der Waals surface area contributed by atoms with Gasteiger partial charge in [-0.3, -0.25) is 9.48 Å². The third kappa shape index (κ3) is 5.85. The Morgan fingerprint density at radius 2 is 2.10 bits per heavy atom. The number of urea groups is 1. The smallest absolute Gasteiger partial charge is 0.315 e. The van der Waals surface area contributed by atoms with Gasteiger partial charge >= 0.3 is 12.0 Å². The lowest BCUT2D eigenvalue weighted by Crippen LogP contribution is -2.38. The predicted octanol–water partition coefficient (Wildman–Crippen LogP) is 1.28. The number of amides is 2. The summed E-state index contributed by atoms with van der Waals surface area (Å²) in [6, 6.07) is -0.287. The van der Waals surface area contributed by atoms with Crippen LogP contribution in [0.2, 0.25) is 0 Å². The zero-order chi connectivity index (χ0) is 15.8. The average Bonchev–Trinajstić information content (AvgIpc) is 2.80. The number of hydrogen-bond donors (Lipinski definition) is 3. The minimum absolute atomic E-state index is 0.0437. The zero-order valence-corrected chi connectivity index (χ0v) is 12.8. The maximum Gasteiger partial charge on any atom is 0.315 e. The molecular weight excluding hydrogens is 272 g/mol. The number of rotatable bonds is 8. The molecule has 0 fully saturated rings. The molecular formula is C14H24N4O3. The van der Waals surface area contributed by atoms with E-state index in [0.29, 0.717) is 13.1 Å². The van der Waals surface area contributed by atoms with Crippen LogP contribution in [0.5, 0.6) is 0 Å². The summed E-state index contributed by atoms with van der Waals surface area (Å²) in [5, 5.41) is 18.5. The molecule has 7 nitrogen and oxygen atoms in total. The summed E-state index contributed by atoms with van der Waals surface area (Å²) in [6.07, 6.45) is 3.49. The molecule has 0 radical (unpaired) electrons. The molecule has 1 rings (SSSR count). The number of nitrogens with zero attached hydrogens (tertiary/aromatic N) is 2. The summed E-state index contributed by atoms with van der Waals surface area (Å²) in [5.74, 6) is -0.884. The van der Waals surface area contributed by atoms with Gasteiger partial charge in [0, 0.05) is 38.3 Å². The molecule has 2 amide bonds. The maximum atomic E-state index is 11.7. The summed E-state index contributed by atoms with van der Waals surface area (Å²) in [6.45, 7) is 4.71. The number of carbonyl (C=O) groups is 2. The van der Waals surface area contributed by atoms with E-state index in [1.807, 2.05) is 27.1 Å². The molecule has 0 bridgehead atoms. The summed E-state index contributed by atoms with van der Waals surface area (Å²) in [7, 11) is 1.85. The summed E-state index contributed by atoms with van der Waals surface area (Å²) in [4.78, 5) is 22.4. The summed E-state index contributed by atoms with van der Waals surface area (Å²) >= 11 is 0. The second-order valence-electron chi connectivity index (χ2n) is 5.06. The molecule has 1 aromatic heterocycles. The molecule has 118 valence electrons. The van der Waals surface area contributed by atoms with E-state index in [9.17, 15) is 9.59 Å². The van der Waals surface area contributed by atoms with Crippen molar-refractivity contribution in [3.8, 4) is 0 Å². The fourth-order valence-corrected chi connectivity index (χ4v) is 2.11. The third-order valence-corrected chi connectivity index (χ3v) is 3.36. The first-order valence-electron chi connectivity index (χ1n) is 7.21. The number of hydrogen-bond acceptors (Lipinski definition) is 3. The van der Waals surface area contributed by atoms with Crippen molar-refractivity contribution in [2.75, 3.05) is 6.54 Å². The molecule has 0 saturated heterocycles. The largest absolute Gasteiger partial charge is 0.481 e. The van der Waals surface area contributed by atoms with E-state index < -0.39 is 5.97 Å². The topological polar surface area (TPSA) is 96.3 Å². The van der Waals surface area contributed by atoms with Gasteiger partial charge in [0.05, 0.1) is 5.69 Å². The lowest BCUT2D eigenvalue weighted by Gasteiger charge is -2.14. The lowest BCUT2D eigenvalue weighted by atomic mass is 10.0. The van der Waals surface area contributed by atoms with Crippen LogP contribution in [-0.4, -0.2) is 33.4 Å². The molecule has 0 saturated carbocycles. The van der Waals surface area contributed by atoms with E-state index in [0.717, 1.165) is 24.1 Å². The highest BCUT2D eigenvalue weighted by Gasteiger charge is 2.13. The Morgan fingerprint density at radius 1 is 1.38 bits per heavy atom. The quantitative estimate of drug-likeness (QED) is 0.673. The van der Waals surface area contributed by atoms with Crippen LogP contribution >= 0.6 is 0 Å². The van der Waals surface area contributed by atoms with Crippen molar-refractivity contribution in [2.24, 2.45) is 13.0 Å². The fourth-order valence-electron chi connectivity index (χ4n) is 2.11. The highest BCUT2D eigenvalue weighted by molar-refractivity contribution is 5.74. The third-order valence-electron chi connectivity index (χ3n) is 3.36. The SMILES string of the molecule is CCc1nn(C)cc1CNC(=O)NCC(CC)CC(=O)O. The van der Waals surface area contributed by atoms with Crippen molar-refractivity contribution < 1.29 is 14.7 Å². The molecule has 1 atom stereocenters. The molecule has 0 aliphatic rings. The Labute approximate surface area is 124 Å². The first-order chi connectivity index (χ1) is 9.96. The van der Waals surface area contributed by atoms with Crippen molar-refractivity contribution in [1.29, 1.82) is 0 Å². The van der Waals surface area contributed by atoms with Gasteiger partial charge in [0.15, 0.2) is 0 Å². The second-order valence-corrected chi connectivity index (χ2v) is 5.06. The number of carboxylic acids is 1. The summed E-state index contributed by atoms with van der Waals surface area (Å²) in [5.41, 5.74) is 1.96. The van der Waals surface area contributed by atoms with E-state index in [-0.39, 0.29) is 18.4 Å². The van der Waals surface area contributed by atoms with Gasteiger partial charge in [-0.15, -0.1) is 0 Å². The van der Waals surface area contributed by atoms with Gasteiger partial charge < -0.3 is 15.7 Å². The van der Waals surface area contributed by atoms with Gasteiger partial charge in [0.25, 0.3) is 0 Å². The molecule has 7 heteroatoms. The lowest BCUT2D eigenvalue weighted by molar-refractivity contribution is -0.138. The molecule has 21 heavy (non-hydrogen) atoms. The van der Waals surface area contributed by atoms with Crippen LogP contribution in [0.15, 0.2) is 6.20 Å². The Balaban J connectivity index is 2.38. The Kier molecular flexibility index (Phi) is 6.71. The van der Waals surface area contributed by atoms with Crippen molar-refractivity contribution in [1.82, 2.24) is 20.4 Å². The fraction of sp³-hybridized carbons (Fsp3) is 0.643. The maximum absolute atomic E-state index is 11.7. The van der Waals surface area contributed by atoms with Crippen molar-refractivity contribution in [3.63, 3.8) is 0 Å². The monoisotopic (exact) mass is 296 g/mol. The first-order valence-corrected chi connectivity index (χ1v) is 7.21. The van der Waals surface area contributed by atoms with Crippen molar-refractivity contribution in [2.45, 2.75) is 39.7 Å². The van der Waals surface area contributed by atoms with E-state index in [2.05, 4.69) is 15.7 Å². The van der Waals surface area contributed by atoms with Crippen LogP contribution in [0.25, 0.3) is 0 Å². The molecule has 1 unspecified atom stereocenters. The Hall–Kier alpha value is -2.05. The van der Waals surface area contributed by atoms with Crippen molar-refractivity contribution >= 4 is 12.0 Å². The molecule has 1 heterocycles.